The van der Waals surface area contributed by atoms with Crippen molar-refractivity contribution in [3.8, 4) is 6.07 Å². The summed E-state index contributed by atoms with van der Waals surface area (Å²) in [5.74, 6) is 0.622. The van der Waals surface area contributed by atoms with E-state index in [1.165, 1.54) is 12.3 Å². The second-order valence-electron chi connectivity index (χ2n) is 4.24. The van der Waals surface area contributed by atoms with E-state index in [0.29, 0.717) is 24.2 Å². The van der Waals surface area contributed by atoms with Gasteiger partial charge in [-0.05, 0) is 18.9 Å². The third kappa shape index (κ3) is 2.38. The van der Waals surface area contributed by atoms with E-state index in [2.05, 4.69) is 10.3 Å². The molecule has 1 saturated heterocycles. The fourth-order valence-corrected chi connectivity index (χ4v) is 3.77. The lowest BCUT2D eigenvalue weighted by Crippen LogP contribution is -2.25. The number of rotatable bonds is 3. The Hall–Kier alpha value is -1.81. The van der Waals surface area contributed by atoms with Crippen molar-refractivity contribution in [1.82, 2.24) is 4.98 Å². The highest BCUT2D eigenvalue weighted by Crippen LogP contribution is 2.23. The standard InChI is InChI=1S/C11H14N4O2S/c12-6-8-3-4-14-11(10(8)13)15-7-9-2-1-5-18(9,16)17/h3-4,9H,1-2,5,7,13H2,(H,14,15). The highest BCUT2D eigenvalue weighted by atomic mass is 32.2. The molecule has 96 valence electrons. The first-order chi connectivity index (χ1) is 8.54. The smallest absolute Gasteiger partial charge is 0.154 e. The molecule has 1 aromatic heterocycles. The zero-order valence-corrected chi connectivity index (χ0v) is 10.6. The molecule has 18 heavy (non-hydrogen) atoms. The quantitative estimate of drug-likeness (QED) is 0.825. The van der Waals surface area contributed by atoms with Gasteiger partial charge in [0, 0.05) is 12.7 Å². The largest absolute Gasteiger partial charge is 0.395 e. The number of sulfone groups is 1. The number of hydrogen-bond donors (Lipinski definition) is 2. The Labute approximate surface area is 106 Å². The summed E-state index contributed by atoms with van der Waals surface area (Å²) >= 11 is 0. The van der Waals surface area contributed by atoms with E-state index in [9.17, 15) is 8.42 Å². The fraction of sp³-hybridized carbons (Fsp3) is 0.455. The maximum atomic E-state index is 11.6. The Morgan fingerprint density at radius 1 is 1.61 bits per heavy atom. The Kier molecular flexibility index (Phi) is 3.39. The molecule has 3 N–H and O–H groups in total. The number of hydrogen-bond acceptors (Lipinski definition) is 6. The summed E-state index contributed by atoms with van der Waals surface area (Å²) in [7, 11) is -2.98. The van der Waals surface area contributed by atoms with Crippen LogP contribution in [0.15, 0.2) is 12.3 Å². The number of nitriles is 1. The van der Waals surface area contributed by atoms with Crippen molar-refractivity contribution in [3.05, 3.63) is 17.8 Å². The number of pyridine rings is 1. The van der Waals surface area contributed by atoms with E-state index in [1.807, 2.05) is 6.07 Å². The van der Waals surface area contributed by atoms with Gasteiger partial charge in [0.1, 0.15) is 6.07 Å². The Morgan fingerprint density at radius 3 is 3.00 bits per heavy atom. The number of nitrogen functional groups attached to an aromatic ring is 1. The monoisotopic (exact) mass is 266 g/mol. The summed E-state index contributed by atoms with van der Waals surface area (Å²) in [5.41, 5.74) is 6.34. The molecule has 0 aliphatic carbocycles. The van der Waals surface area contributed by atoms with E-state index in [-0.39, 0.29) is 23.2 Å². The highest BCUT2D eigenvalue weighted by molar-refractivity contribution is 7.92. The van der Waals surface area contributed by atoms with Crippen molar-refractivity contribution in [2.45, 2.75) is 18.1 Å². The lowest BCUT2D eigenvalue weighted by atomic mass is 10.2. The van der Waals surface area contributed by atoms with Gasteiger partial charge >= 0.3 is 0 Å². The predicted octanol–water partition coefficient (Wildman–Crippen LogP) is 0.525. The van der Waals surface area contributed by atoms with Crippen molar-refractivity contribution in [3.63, 3.8) is 0 Å². The van der Waals surface area contributed by atoms with Crippen LogP contribution in [0.4, 0.5) is 11.5 Å². The molecule has 0 aromatic carbocycles. The molecule has 1 atom stereocenters. The zero-order chi connectivity index (χ0) is 13.2. The van der Waals surface area contributed by atoms with Crippen LogP contribution in [0.25, 0.3) is 0 Å². The number of nitrogens with two attached hydrogens (primary N) is 1. The SMILES string of the molecule is N#Cc1ccnc(NCC2CCCS2(=O)=O)c1N. The maximum absolute atomic E-state index is 11.6. The van der Waals surface area contributed by atoms with Crippen LogP contribution in [0.3, 0.4) is 0 Å². The number of nitrogens with one attached hydrogen (secondary N) is 1. The van der Waals surface area contributed by atoms with Crippen molar-refractivity contribution in [1.29, 1.82) is 5.26 Å². The predicted molar refractivity (Wildman–Crippen MR) is 68.7 cm³/mol. The highest BCUT2D eigenvalue weighted by Gasteiger charge is 2.31. The zero-order valence-electron chi connectivity index (χ0n) is 9.76. The number of nitrogens with zero attached hydrogens (tertiary/aromatic N) is 2. The summed E-state index contributed by atoms with van der Waals surface area (Å²) < 4.78 is 23.3. The van der Waals surface area contributed by atoms with Crippen molar-refractivity contribution >= 4 is 21.3 Å². The minimum Gasteiger partial charge on any atom is -0.395 e. The number of aromatic nitrogens is 1. The Bertz CT molecular complexity index is 592. The van der Waals surface area contributed by atoms with Gasteiger partial charge in [-0.25, -0.2) is 13.4 Å². The van der Waals surface area contributed by atoms with Crippen LogP contribution in [0, 0.1) is 11.3 Å². The molecule has 2 heterocycles. The molecule has 0 amide bonds. The van der Waals surface area contributed by atoms with Gasteiger partial charge in [-0.3, -0.25) is 0 Å². The van der Waals surface area contributed by atoms with Crippen LogP contribution in [0.1, 0.15) is 18.4 Å². The Morgan fingerprint density at radius 2 is 2.39 bits per heavy atom. The normalized spacial score (nSPS) is 21.4. The minimum absolute atomic E-state index is 0.250. The fourth-order valence-electron chi connectivity index (χ4n) is 2.01. The van der Waals surface area contributed by atoms with Gasteiger partial charge in [0.15, 0.2) is 15.7 Å². The van der Waals surface area contributed by atoms with Crippen molar-refractivity contribution < 1.29 is 8.42 Å². The van der Waals surface area contributed by atoms with E-state index < -0.39 is 9.84 Å². The van der Waals surface area contributed by atoms with E-state index in [0.717, 1.165) is 0 Å². The molecule has 6 nitrogen and oxygen atoms in total. The molecule has 2 rings (SSSR count). The molecular formula is C11H14N4O2S. The Balaban J connectivity index is 2.10. The summed E-state index contributed by atoms with van der Waals surface area (Å²) in [5, 5.41) is 11.4. The molecule has 0 radical (unpaired) electrons. The molecule has 1 aliphatic rings. The maximum Gasteiger partial charge on any atom is 0.154 e. The topological polar surface area (TPSA) is 109 Å². The molecule has 0 spiro atoms. The van der Waals surface area contributed by atoms with E-state index >= 15 is 0 Å². The van der Waals surface area contributed by atoms with Gasteiger partial charge < -0.3 is 11.1 Å². The average Bonchev–Trinajstić information content (AvgIpc) is 2.67. The third-order valence-electron chi connectivity index (χ3n) is 3.07. The second-order valence-corrected chi connectivity index (χ2v) is 6.65. The minimum atomic E-state index is -2.98. The molecule has 7 heteroatoms. The van der Waals surface area contributed by atoms with Gasteiger partial charge in [0.2, 0.25) is 0 Å². The molecule has 1 unspecified atom stereocenters. The second kappa shape index (κ2) is 4.82. The van der Waals surface area contributed by atoms with Gasteiger partial charge in [0.25, 0.3) is 0 Å². The molecule has 1 aromatic rings. The lowest BCUT2D eigenvalue weighted by molar-refractivity contribution is 0.591. The summed E-state index contributed by atoms with van der Waals surface area (Å²) in [6, 6.07) is 3.48. The van der Waals surface area contributed by atoms with Gasteiger partial charge in [-0.2, -0.15) is 5.26 Å². The molecule has 0 bridgehead atoms. The first kappa shape index (κ1) is 12.6. The van der Waals surface area contributed by atoms with Crippen LogP contribution in [-0.2, 0) is 9.84 Å². The summed E-state index contributed by atoms with van der Waals surface area (Å²) in [6.07, 6.45) is 2.84. The van der Waals surface area contributed by atoms with Crippen molar-refractivity contribution in [2.75, 3.05) is 23.3 Å². The first-order valence-corrected chi connectivity index (χ1v) is 7.36. The van der Waals surface area contributed by atoms with Gasteiger partial charge in [0.05, 0.1) is 22.3 Å². The van der Waals surface area contributed by atoms with Crippen LogP contribution >= 0.6 is 0 Å². The van der Waals surface area contributed by atoms with Gasteiger partial charge in [-0.15, -0.1) is 0 Å². The number of anilines is 2. The van der Waals surface area contributed by atoms with E-state index in [4.69, 9.17) is 11.0 Å². The van der Waals surface area contributed by atoms with Crippen LogP contribution in [0.2, 0.25) is 0 Å². The molecule has 1 fully saturated rings. The van der Waals surface area contributed by atoms with Crippen LogP contribution in [0.5, 0.6) is 0 Å². The summed E-state index contributed by atoms with van der Waals surface area (Å²) in [4.78, 5) is 4.01. The molecule has 1 aliphatic heterocycles. The lowest BCUT2D eigenvalue weighted by Gasteiger charge is -2.12. The van der Waals surface area contributed by atoms with Crippen molar-refractivity contribution in [2.24, 2.45) is 0 Å². The molecular weight excluding hydrogens is 252 g/mol. The van der Waals surface area contributed by atoms with E-state index in [1.54, 1.807) is 0 Å². The molecule has 0 saturated carbocycles. The average molecular weight is 266 g/mol. The third-order valence-corrected chi connectivity index (χ3v) is 5.35. The summed E-state index contributed by atoms with van der Waals surface area (Å²) in [6.45, 7) is 0.286. The van der Waals surface area contributed by atoms with Gasteiger partial charge in [-0.1, -0.05) is 0 Å². The first-order valence-electron chi connectivity index (χ1n) is 5.64. The van der Waals surface area contributed by atoms with Crippen LogP contribution < -0.4 is 11.1 Å². The van der Waals surface area contributed by atoms with Crippen LogP contribution in [-0.4, -0.2) is 30.9 Å².